The molecule has 4 N–H and O–H groups in total. The molecule has 1 aliphatic rings. The highest BCUT2D eigenvalue weighted by Gasteiger charge is 2.34. The first-order valence-corrected chi connectivity index (χ1v) is 6.40. The van der Waals surface area contributed by atoms with Crippen LogP contribution in [0.3, 0.4) is 0 Å². The standard InChI is InChI=1S/C13H17ClN2O2/c14-10-3-1-2-8(4-10)7-16-13(18)9-5-11(15)12(17)6-9/h1-4,9,11-12,17H,5-7,15H2,(H,16,18)/t9-,11+,12+/m0/s1. The number of hydrogen-bond acceptors (Lipinski definition) is 3. The third-order valence-electron chi connectivity index (χ3n) is 3.30. The number of benzene rings is 1. The fraction of sp³-hybridized carbons (Fsp3) is 0.462. The van der Waals surface area contributed by atoms with Gasteiger partial charge in [-0.15, -0.1) is 0 Å². The predicted molar refractivity (Wildman–Crippen MR) is 70.0 cm³/mol. The zero-order chi connectivity index (χ0) is 13.1. The van der Waals surface area contributed by atoms with Crippen molar-refractivity contribution in [3.8, 4) is 0 Å². The van der Waals surface area contributed by atoms with E-state index in [2.05, 4.69) is 5.32 Å². The minimum absolute atomic E-state index is 0.0537. The maximum Gasteiger partial charge on any atom is 0.223 e. The van der Waals surface area contributed by atoms with Crippen LogP contribution in [0.4, 0.5) is 0 Å². The minimum Gasteiger partial charge on any atom is -0.391 e. The fourth-order valence-corrected chi connectivity index (χ4v) is 2.46. The number of halogens is 1. The van der Waals surface area contributed by atoms with Crippen LogP contribution < -0.4 is 11.1 Å². The molecule has 0 aromatic heterocycles. The topological polar surface area (TPSA) is 75.4 Å². The van der Waals surface area contributed by atoms with E-state index in [9.17, 15) is 9.90 Å². The maximum atomic E-state index is 11.9. The number of nitrogens with two attached hydrogens (primary N) is 1. The number of aliphatic hydroxyl groups excluding tert-OH is 1. The van der Waals surface area contributed by atoms with Crippen molar-refractivity contribution in [2.45, 2.75) is 31.5 Å². The summed E-state index contributed by atoms with van der Waals surface area (Å²) in [6, 6.07) is 7.07. The van der Waals surface area contributed by atoms with Crippen LogP contribution in [0.5, 0.6) is 0 Å². The van der Waals surface area contributed by atoms with E-state index >= 15 is 0 Å². The number of amides is 1. The second-order valence-corrected chi connectivity index (χ2v) is 5.18. The van der Waals surface area contributed by atoms with Crippen LogP contribution in [0.1, 0.15) is 18.4 Å². The Morgan fingerprint density at radius 1 is 1.50 bits per heavy atom. The van der Waals surface area contributed by atoms with Gasteiger partial charge in [-0.05, 0) is 30.5 Å². The van der Waals surface area contributed by atoms with Gasteiger partial charge >= 0.3 is 0 Å². The first kappa shape index (κ1) is 13.3. The molecule has 4 nitrogen and oxygen atoms in total. The van der Waals surface area contributed by atoms with Crippen molar-refractivity contribution in [1.29, 1.82) is 0 Å². The quantitative estimate of drug-likeness (QED) is 0.767. The summed E-state index contributed by atoms with van der Waals surface area (Å²) in [6.45, 7) is 0.446. The van der Waals surface area contributed by atoms with E-state index < -0.39 is 6.10 Å². The van der Waals surface area contributed by atoms with Crippen LogP contribution in [0.2, 0.25) is 5.02 Å². The van der Waals surface area contributed by atoms with Gasteiger partial charge in [0, 0.05) is 23.5 Å². The Morgan fingerprint density at radius 3 is 2.89 bits per heavy atom. The molecule has 0 heterocycles. The Labute approximate surface area is 111 Å². The van der Waals surface area contributed by atoms with Crippen LogP contribution in [0.15, 0.2) is 24.3 Å². The zero-order valence-electron chi connectivity index (χ0n) is 9.97. The van der Waals surface area contributed by atoms with Crippen molar-refractivity contribution < 1.29 is 9.90 Å². The molecule has 1 aromatic rings. The van der Waals surface area contributed by atoms with Crippen molar-refractivity contribution in [3.05, 3.63) is 34.9 Å². The summed E-state index contributed by atoms with van der Waals surface area (Å²) in [5.74, 6) is -0.240. The second-order valence-electron chi connectivity index (χ2n) is 4.75. The van der Waals surface area contributed by atoms with Gasteiger partial charge in [-0.3, -0.25) is 4.79 Å². The second kappa shape index (κ2) is 5.69. The van der Waals surface area contributed by atoms with Crippen molar-refractivity contribution in [2.24, 2.45) is 11.7 Å². The van der Waals surface area contributed by atoms with Gasteiger partial charge in [0.05, 0.1) is 6.10 Å². The summed E-state index contributed by atoms with van der Waals surface area (Å²) < 4.78 is 0. The Bertz CT molecular complexity index is 429. The van der Waals surface area contributed by atoms with Crippen molar-refractivity contribution >= 4 is 17.5 Å². The van der Waals surface area contributed by atoms with Gasteiger partial charge in [-0.25, -0.2) is 0 Å². The molecule has 1 aromatic carbocycles. The van der Waals surface area contributed by atoms with E-state index in [0.717, 1.165) is 5.56 Å². The number of hydrogen-bond donors (Lipinski definition) is 3. The summed E-state index contributed by atoms with van der Waals surface area (Å²) in [5.41, 5.74) is 6.64. The predicted octanol–water partition coefficient (Wildman–Crippen LogP) is 1.05. The molecular formula is C13H17ClN2O2. The monoisotopic (exact) mass is 268 g/mol. The lowest BCUT2D eigenvalue weighted by atomic mass is 10.1. The largest absolute Gasteiger partial charge is 0.391 e. The molecule has 1 amide bonds. The van der Waals surface area contributed by atoms with Gasteiger partial charge in [-0.2, -0.15) is 0 Å². The molecule has 0 aliphatic heterocycles. The number of carbonyl (C=O) groups excluding carboxylic acids is 1. The van der Waals surface area contributed by atoms with Crippen molar-refractivity contribution in [3.63, 3.8) is 0 Å². The maximum absolute atomic E-state index is 11.9. The third-order valence-corrected chi connectivity index (χ3v) is 3.54. The average molecular weight is 269 g/mol. The molecule has 0 bridgehead atoms. The van der Waals surface area contributed by atoms with Crippen LogP contribution in [-0.4, -0.2) is 23.2 Å². The van der Waals surface area contributed by atoms with Crippen molar-refractivity contribution in [2.75, 3.05) is 0 Å². The first-order valence-electron chi connectivity index (χ1n) is 6.02. The Kier molecular flexibility index (Phi) is 4.22. The number of nitrogens with one attached hydrogen (secondary N) is 1. The molecular weight excluding hydrogens is 252 g/mol. The van der Waals surface area contributed by atoms with E-state index in [1.54, 1.807) is 6.07 Å². The number of aliphatic hydroxyl groups is 1. The highest BCUT2D eigenvalue weighted by atomic mass is 35.5. The molecule has 0 saturated heterocycles. The molecule has 0 spiro atoms. The Hall–Kier alpha value is -1.10. The lowest BCUT2D eigenvalue weighted by Crippen LogP contribution is -2.30. The molecule has 1 saturated carbocycles. The molecule has 1 fully saturated rings. The fourth-order valence-electron chi connectivity index (χ4n) is 2.24. The molecule has 3 atom stereocenters. The summed E-state index contributed by atoms with van der Waals surface area (Å²) >= 11 is 5.86. The molecule has 98 valence electrons. The number of rotatable bonds is 3. The number of carbonyl (C=O) groups is 1. The SMILES string of the molecule is N[C@@H]1C[C@H](C(=O)NCc2cccc(Cl)c2)C[C@H]1O. The van der Waals surface area contributed by atoms with Crippen molar-refractivity contribution in [1.82, 2.24) is 5.32 Å². The Morgan fingerprint density at radius 2 is 2.28 bits per heavy atom. The molecule has 5 heteroatoms. The molecule has 2 rings (SSSR count). The molecule has 0 unspecified atom stereocenters. The smallest absolute Gasteiger partial charge is 0.223 e. The van der Waals surface area contributed by atoms with Gasteiger partial charge in [0.15, 0.2) is 0 Å². The van der Waals surface area contributed by atoms with Gasteiger partial charge in [0.1, 0.15) is 0 Å². The van der Waals surface area contributed by atoms with E-state index in [0.29, 0.717) is 24.4 Å². The van der Waals surface area contributed by atoms with Crippen LogP contribution in [0.25, 0.3) is 0 Å². The van der Waals surface area contributed by atoms with Gasteiger partial charge in [-0.1, -0.05) is 23.7 Å². The summed E-state index contributed by atoms with van der Waals surface area (Å²) in [4.78, 5) is 11.9. The summed E-state index contributed by atoms with van der Waals surface area (Å²) in [6.07, 6.45) is 0.428. The molecule has 1 aliphatic carbocycles. The molecule has 18 heavy (non-hydrogen) atoms. The zero-order valence-corrected chi connectivity index (χ0v) is 10.7. The normalized spacial score (nSPS) is 27.2. The van der Waals surface area contributed by atoms with E-state index in [1.807, 2.05) is 18.2 Å². The minimum atomic E-state index is -0.563. The summed E-state index contributed by atoms with van der Waals surface area (Å²) in [7, 11) is 0. The lowest BCUT2D eigenvalue weighted by molar-refractivity contribution is -0.125. The third kappa shape index (κ3) is 3.22. The van der Waals surface area contributed by atoms with Crippen LogP contribution in [0, 0.1) is 5.92 Å². The van der Waals surface area contributed by atoms with E-state index in [-0.39, 0.29) is 17.9 Å². The lowest BCUT2D eigenvalue weighted by Gasteiger charge is -2.10. The first-order chi connectivity index (χ1) is 8.56. The highest BCUT2D eigenvalue weighted by molar-refractivity contribution is 6.30. The van der Waals surface area contributed by atoms with Gasteiger partial charge < -0.3 is 16.2 Å². The average Bonchev–Trinajstić information content (AvgIpc) is 2.67. The molecule has 0 radical (unpaired) electrons. The van der Waals surface area contributed by atoms with E-state index in [4.69, 9.17) is 17.3 Å². The van der Waals surface area contributed by atoms with E-state index in [1.165, 1.54) is 0 Å². The van der Waals surface area contributed by atoms with Gasteiger partial charge in [0.25, 0.3) is 0 Å². The van der Waals surface area contributed by atoms with Gasteiger partial charge in [0.2, 0.25) is 5.91 Å². The summed E-state index contributed by atoms with van der Waals surface area (Å²) in [5, 5.41) is 13.0. The van der Waals surface area contributed by atoms with Crippen LogP contribution in [-0.2, 0) is 11.3 Å². The highest BCUT2D eigenvalue weighted by Crippen LogP contribution is 2.24. The van der Waals surface area contributed by atoms with Crippen LogP contribution >= 0.6 is 11.6 Å². The Balaban J connectivity index is 1.85.